The number of aliphatic hydroxyl groups is 4. The number of ether oxygens (including phenoxy) is 2. The molecule has 1 amide bonds. The van der Waals surface area contributed by atoms with Gasteiger partial charge in [0.2, 0.25) is 5.91 Å². The number of aliphatic hydroxyl groups excluding tert-OH is 4. The van der Waals surface area contributed by atoms with E-state index in [1.165, 1.54) is 128 Å². The van der Waals surface area contributed by atoms with Crippen molar-refractivity contribution >= 4 is 16.3 Å². The Balaban J connectivity index is 2.46. The summed E-state index contributed by atoms with van der Waals surface area (Å²) < 4.78 is 47.7. The number of hydrogen-bond donors (Lipinski definition) is 6. The van der Waals surface area contributed by atoms with E-state index in [2.05, 4.69) is 47.7 Å². The summed E-state index contributed by atoms with van der Waals surface area (Å²) in [6.45, 7) is 3.42. The molecule has 1 heterocycles. The molecule has 0 aromatic carbocycles. The molecule has 0 saturated carbocycles. The molecule has 12 nitrogen and oxygen atoms in total. The second-order valence-corrected chi connectivity index (χ2v) is 18.1. The molecule has 1 rings (SSSR count). The molecule has 7 unspecified atom stereocenters. The van der Waals surface area contributed by atoms with Crippen molar-refractivity contribution in [3.05, 3.63) is 24.3 Å². The highest BCUT2D eigenvalue weighted by Crippen LogP contribution is 2.26. The lowest BCUT2D eigenvalue weighted by molar-refractivity contribution is -0.298. The summed E-state index contributed by atoms with van der Waals surface area (Å²) in [7, 11) is -5.08. The average Bonchev–Trinajstić information content (AvgIpc) is 3.22. The Morgan fingerprint density at radius 2 is 1.10 bits per heavy atom. The second kappa shape index (κ2) is 38.1. The van der Waals surface area contributed by atoms with Crippen LogP contribution in [0.15, 0.2) is 24.3 Å². The van der Waals surface area contributed by atoms with Gasteiger partial charge in [0.25, 0.3) is 0 Å². The highest BCUT2D eigenvalue weighted by atomic mass is 32.3. The molecule has 0 bridgehead atoms. The molecule has 1 aliphatic rings. The number of amides is 1. The van der Waals surface area contributed by atoms with Crippen LogP contribution in [0.25, 0.3) is 0 Å². The van der Waals surface area contributed by atoms with Gasteiger partial charge in [0.1, 0.15) is 24.4 Å². The predicted octanol–water partition coefficient (Wildman–Crippen LogP) is 9.72. The molecule has 6 N–H and O–H groups in total. The van der Waals surface area contributed by atoms with Gasteiger partial charge in [-0.05, 0) is 38.5 Å². The van der Waals surface area contributed by atoms with Gasteiger partial charge in [-0.25, -0.2) is 4.18 Å². The Bertz CT molecular complexity index is 1170. The first-order chi connectivity index (χ1) is 29.0. The van der Waals surface area contributed by atoms with E-state index in [9.17, 15) is 38.2 Å². The number of carbonyl (C=O) groups is 1. The summed E-state index contributed by atoms with van der Waals surface area (Å²) in [5, 5.41) is 44.9. The van der Waals surface area contributed by atoms with Gasteiger partial charge in [-0.1, -0.05) is 192 Å². The van der Waals surface area contributed by atoms with E-state index in [-0.39, 0.29) is 18.9 Å². The first-order valence-corrected chi connectivity index (χ1v) is 25.6. The first-order valence-electron chi connectivity index (χ1n) is 24.2. The van der Waals surface area contributed by atoms with Crippen LogP contribution in [0.4, 0.5) is 0 Å². The monoisotopic (exact) mass is 876 g/mol. The van der Waals surface area contributed by atoms with Crippen molar-refractivity contribution in [3.8, 4) is 0 Å². The van der Waals surface area contributed by atoms with E-state index >= 15 is 0 Å². The summed E-state index contributed by atoms with van der Waals surface area (Å²) in [5.41, 5.74) is 0. The molecule has 13 heteroatoms. The molecule has 1 aliphatic heterocycles. The van der Waals surface area contributed by atoms with Crippen LogP contribution < -0.4 is 5.32 Å². The highest BCUT2D eigenvalue weighted by Gasteiger charge is 2.48. The van der Waals surface area contributed by atoms with Gasteiger partial charge < -0.3 is 35.2 Å². The second-order valence-electron chi connectivity index (χ2n) is 17.1. The molecule has 1 saturated heterocycles. The Hall–Kier alpha value is -1.42. The molecule has 0 aromatic rings. The molecule has 1 fully saturated rings. The zero-order valence-corrected chi connectivity index (χ0v) is 38.6. The van der Waals surface area contributed by atoms with E-state index in [0.717, 1.165) is 51.4 Å². The molecule has 0 spiro atoms. The standard InChI is InChI=1S/C47H89NO11S/c1-3-5-7-9-11-13-15-17-19-20-21-22-23-25-27-29-31-33-35-37-43(51)48-40(39-57-47-45(53)46(59-60(54,55)56)44(52)42(38-49)58-47)41(50)36-34-32-30-28-26-24-18-16-14-12-10-8-6-4-2/h11,13,15,17,40-42,44-47,49-50,52-53H,3-10,12,14,16,18-39H2,1-2H3,(H,48,51)(H,54,55,56)/b13-11-,17-15-. The number of hydrogen-bond acceptors (Lipinski definition) is 10. The zero-order chi connectivity index (χ0) is 44.1. The normalized spacial score (nSPS) is 20.9. The van der Waals surface area contributed by atoms with Crippen molar-refractivity contribution in [1.29, 1.82) is 0 Å². The molecular weight excluding hydrogens is 787 g/mol. The number of carbonyl (C=O) groups excluding carboxylic acids is 1. The third-order valence-corrected chi connectivity index (χ3v) is 12.0. The summed E-state index contributed by atoms with van der Waals surface area (Å²) in [6, 6.07) is -0.858. The highest BCUT2D eigenvalue weighted by molar-refractivity contribution is 7.80. The van der Waals surface area contributed by atoms with E-state index in [1.807, 2.05) is 0 Å². The van der Waals surface area contributed by atoms with Crippen molar-refractivity contribution in [2.75, 3.05) is 13.2 Å². The Labute approximate surface area is 365 Å². The lowest BCUT2D eigenvalue weighted by Crippen LogP contribution is -2.61. The van der Waals surface area contributed by atoms with Crippen LogP contribution in [0.5, 0.6) is 0 Å². The average molecular weight is 876 g/mol. The Kier molecular flexibility index (Phi) is 35.9. The van der Waals surface area contributed by atoms with Crippen LogP contribution in [0.2, 0.25) is 0 Å². The lowest BCUT2D eigenvalue weighted by Gasteiger charge is -2.41. The topological polar surface area (TPSA) is 192 Å². The smallest absolute Gasteiger partial charge is 0.394 e. The van der Waals surface area contributed by atoms with Gasteiger partial charge in [0.05, 0.1) is 25.4 Å². The fraction of sp³-hybridized carbons (Fsp3) is 0.894. The minimum absolute atomic E-state index is 0.234. The molecule has 60 heavy (non-hydrogen) atoms. The van der Waals surface area contributed by atoms with Gasteiger partial charge in [0.15, 0.2) is 6.29 Å². The predicted molar refractivity (Wildman–Crippen MR) is 241 cm³/mol. The summed E-state index contributed by atoms with van der Waals surface area (Å²) >= 11 is 0. The summed E-state index contributed by atoms with van der Waals surface area (Å²) in [6.07, 6.45) is 34.5. The molecular formula is C47H89NO11S. The Morgan fingerprint density at radius 1 is 0.667 bits per heavy atom. The summed E-state index contributed by atoms with van der Waals surface area (Å²) in [5.74, 6) is -0.234. The third kappa shape index (κ3) is 30.6. The largest absolute Gasteiger partial charge is 0.397 e. The molecule has 7 atom stereocenters. The fourth-order valence-electron chi connectivity index (χ4n) is 7.74. The first kappa shape index (κ1) is 56.6. The van der Waals surface area contributed by atoms with Crippen molar-refractivity contribution < 1.29 is 51.8 Å². The van der Waals surface area contributed by atoms with Gasteiger partial charge >= 0.3 is 10.4 Å². The van der Waals surface area contributed by atoms with E-state index in [4.69, 9.17) is 9.47 Å². The maximum atomic E-state index is 13.1. The number of allylic oxidation sites excluding steroid dienone is 4. The molecule has 0 aromatic heterocycles. The van der Waals surface area contributed by atoms with E-state index < -0.39 is 59.9 Å². The van der Waals surface area contributed by atoms with Crippen molar-refractivity contribution in [3.63, 3.8) is 0 Å². The maximum Gasteiger partial charge on any atom is 0.397 e. The van der Waals surface area contributed by atoms with Crippen LogP contribution in [0.3, 0.4) is 0 Å². The molecule has 0 aliphatic carbocycles. The fourth-order valence-corrected chi connectivity index (χ4v) is 8.25. The van der Waals surface area contributed by atoms with Crippen molar-refractivity contribution in [2.45, 2.75) is 256 Å². The number of nitrogens with one attached hydrogen (secondary N) is 1. The van der Waals surface area contributed by atoms with Crippen molar-refractivity contribution in [2.24, 2.45) is 0 Å². The molecule has 0 radical (unpaired) electrons. The van der Waals surface area contributed by atoms with E-state index in [0.29, 0.717) is 12.8 Å². The van der Waals surface area contributed by atoms with Crippen LogP contribution in [0, 0.1) is 0 Å². The van der Waals surface area contributed by atoms with Gasteiger partial charge in [-0.2, -0.15) is 8.42 Å². The minimum atomic E-state index is -5.08. The van der Waals surface area contributed by atoms with E-state index in [1.54, 1.807) is 0 Å². The van der Waals surface area contributed by atoms with Gasteiger partial charge in [-0.15, -0.1) is 0 Å². The maximum absolute atomic E-state index is 13.1. The van der Waals surface area contributed by atoms with Gasteiger partial charge in [0, 0.05) is 6.42 Å². The number of rotatable bonds is 41. The zero-order valence-electron chi connectivity index (χ0n) is 37.8. The van der Waals surface area contributed by atoms with Crippen LogP contribution in [0.1, 0.15) is 213 Å². The van der Waals surface area contributed by atoms with Crippen molar-refractivity contribution in [1.82, 2.24) is 5.32 Å². The molecule has 354 valence electrons. The van der Waals surface area contributed by atoms with Crippen LogP contribution in [-0.2, 0) is 28.9 Å². The summed E-state index contributed by atoms with van der Waals surface area (Å²) in [4.78, 5) is 13.1. The van der Waals surface area contributed by atoms with Crippen LogP contribution >= 0.6 is 0 Å². The SMILES string of the molecule is CCCCC/C=C\C=C/CCCCCCCCCCCCC(=O)NC(COC1OC(CO)C(O)C(OS(=O)(=O)O)C1O)C(O)CCCCCCCCCCCCCCCC. The number of unbranched alkanes of at least 4 members (excludes halogenated alkanes) is 26. The van der Waals surface area contributed by atoms with Gasteiger partial charge in [-0.3, -0.25) is 9.35 Å². The third-order valence-electron chi connectivity index (χ3n) is 11.5. The quantitative estimate of drug-likeness (QED) is 0.0195. The van der Waals surface area contributed by atoms with Crippen LogP contribution in [-0.4, -0.2) is 95.4 Å². The lowest BCUT2D eigenvalue weighted by atomic mass is 9.99. The minimum Gasteiger partial charge on any atom is -0.394 e. The Morgan fingerprint density at radius 3 is 1.58 bits per heavy atom.